The average Bonchev–Trinajstić information content (AvgIpc) is 2.85. The minimum atomic E-state index is -3.31. The van der Waals surface area contributed by atoms with E-state index in [-0.39, 0.29) is 23.1 Å². The SMILES string of the molecule is CCNC(=O)Nc1ccc(-c2nc(CS(=O)(=O)C3CCCCC3)cc(N3CCOC[C@@H]3C)n2)cc1. The number of rotatable bonds is 7. The molecule has 4 rings (SSSR count). The number of ether oxygens (including phenoxy) is 1. The molecule has 10 heteroatoms. The van der Waals surface area contributed by atoms with Gasteiger partial charge in [0.2, 0.25) is 0 Å². The first-order valence-corrected chi connectivity index (χ1v) is 14.2. The van der Waals surface area contributed by atoms with Crippen molar-refractivity contribution < 1.29 is 17.9 Å². The Morgan fingerprint density at radius 1 is 1.14 bits per heavy atom. The molecular formula is C25H35N5O4S. The summed E-state index contributed by atoms with van der Waals surface area (Å²) in [7, 11) is -3.31. The highest BCUT2D eigenvalue weighted by atomic mass is 32.2. The van der Waals surface area contributed by atoms with Gasteiger partial charge in [0.05, 0.1) is 36.0 Å². The van der Waals surface area contributed by atoms with Crippen LogP contribution in [0.5, 0.6) is 0 Å². The molecule has 1 saturated carbocycles. The molecule has 2 aromatic rings. The molecule has 1 aliphatic carbocycles. The van der Waals surface area contributed by atoms with Crippen LogP contribution in [-0.4, -0.2) is 62.0 Å². The van der Waals surface area contributed by atoms with E-state index in [1.807, 2.05) is 25.1 Å². The van der Waals surface area contributed by atoms with Crippen molar-refractivity contribution in [1.82, 2.24) is 15.3 Å². The number of morpholine rings is 1. The van der Waals surface area contributed by atoms with Crippen molar-refractivity contribution in [1.29, 1.82) is 0 Å². The molecule has 190 valence electrons. The van der Waals surface area contributed by atoms with Gasteiger partial charge in [-0.2, -0.15) is 0 Å². The fourth-order valence-corrected chi connectivity index (χ4v) is 6.53. The van der Waals surface area contributed by atoms with Crippen LogP contribution < -0.4 is 15.5 Å². The van der Waals surface area contributed by atoms with E-state index in [4.69, 9.17) is 9.72 Å². The van der Waals surface area contributed by atoms with Gasteiger partial charge in [0.15, 0.2) is 15.7 Å². The zero-order valence-electron chi connectivity index (χ0n) is 20.5. The first kappa shape index (κ1) is 25.4. The molecule has 1 aromatic carbocycles. The summed E-state index contributed by atoms with van der Waals surface area (Å²) < 4.78 is 32.0. The normalized spacial score (nSPS) is 19.4. The third-order valence-electron chi connectivity index (χ3n) is 6.58. The van der Waals surface area contributed by atoms with Gasteiger partial charge in [-0.25, -0.2) is 23.2 Å². The van der Waals surface area contributed by atoms with Crippen LogP contribution in [0.4, 0.5) is 16.3 Å². The Morgan fingerprint density at radius 3 is 2.57 bits per heavy atom. The predicted molar refractivity (Wildman–Crippen MR) is 137 cm³/mol. The second-order valence-electron chi connectivity index (χ2n) is 9.29. The molecule has 1 aliphatic heterocycles. The number of hydrogen-bond donors (Lipinski definition) is 2. The van der Waals surface area contributed by atoms with Gasteiger partial charge >= 0.3 is 6.03 Å². The highest BCUT2D eigenvalue weighted by Crippen LogP contribution is 2.29. The number of amides is 2. The lowest BCUT2D eigenvalue weighted by Gasteiger charge is -2.34. The molecule has 2 N–H and O–H groups in total. The lowest BCUT2D eigenvalue weighted by molar-refractivity contribution is 0.0985. The molecule has 1 aromatic heterocycles. The number of benzene rings is 1. The van der Waals surface area contributed by atoms with Gasteiger partial charge in [-0.05, 0) is 51.0 Å². The van der Waals surface area contributed by atoms with Crippen molar-refractivity contribution in [3.05, 3.63) is 36.0 Å². The summed E-state index contributed by atoms with van der Waals surface area (Å²) >= 11 is 0. The van der Waals surface area contributed by atoms with E-state index in [1.165, 1.54) is 0 Å². The Hall–Kier alpha value is -2.72. The number of carbonyl (C=O) groups is 1. The summed E-state index contributed by atoms with van der Waals surface area (Å²) in [6.07, 6.45) is 4.49. The maximum atomic E-state index is 13.2. The minimum absolute atomic E-state index is 0.0876. The van der Waals surface area contributed by atoms with Crippen molar-refractivity contribution in [2.75, 3.05) is 36.5 Å². The first-order valence-electron chi connectivity index (χ1n) is 12.4. The van der Waals surface area contributed by atoms with E-state index < -0.39 is 9.84 Å². The van der Waals surface area contributed by atoms with Gasteiger partial charge in [0, 0.05) is 30.4 Å². The van der Waals surface area contributed by atoms with E-state index in [9.17, 15) is 13.2 Å². The summed E-state index contributed by atoms with van der Waals surface area (Å²) in [5.41, 5.74) is 1.92. The van der Waals surface area contributed by atoms with Crippen LogP contribution in [0.2, 0.25) is 0 Å². The molecule has 2 amide bonds. The lowest BCUT2D eigenvalue weighted by atomic mass is 10.0. The number of hydrogen-bond acceptors (Lipinski definition) is 7. The Morgan fingerprint density at radius 2 is 1.89 bits per heavy atom. The number of carbonyl (C=O) groups excluding carboxylic acids is 1. The zero-order valence-corrected chi connectivity index (χ0v) is 21.3. The summed E-state index contributed by atoms with van der Waals surface area (Å²) in [6, 6.07) is 8.92. The van der Waals surface area contributed by atoms with Crippen molar-refractivity contribution in [2.24, 2.45) is 0 Å². The van der Waals surface area contributed by atoms with Gasteiger partial charge in [0.25, 0.3) is 0 Å². The molecule has 0 unspecified atom stereocenters. The quantitative estimate of drug-likeness (QED) is 0.594. The van der Waals surface area contributed by atoms with Crippen LogP contribution in [0.15, 0.2) is 30.3 Å². The molecule has 9 nitrogen and oxygen atoms in total. The number of anilines is 2. The molecular weight excluding hydrogens is 466 g/mol. The third kappa shape index (κ3) is 6.49. The molecule has 0 spiro atoms. The van der Waals surface area contributed by atoms with Gasteiger partial charge in [-0.1, -0.05) is 19.3 Å². The average molecular weight is 502 g/mol. The largest absolute Gasteiger partial charge is 0.377 e. The summed E-state index contributed by atoms with van der Waals surface area (Å²) in [5.74, 6) is 1.10. The second kappa shape index (κ2) is 11.3. The van der Waals surface area contributed by atoms with Crippen molar-refractivity contribution in [3.63, 3.8) is 0 Å². The fourth-order valence-electron chi connectivity index (χ4n) is 4.69. The van der Waals surface area contributed by atoms with Gasteiger partial charge < -0.3 is 20.3 Å². The topological polar surface area (TPSA) is 114 Å². The molecule has 0 bridgehead atoms. The molecule has 1 atom stereocenters. The summed E-state index contributed by atoms with van der Waals surface area (Å²) in [5, 5.41) is 5.18. The number of nitrogens with zero attached hydrogens (tertiary/aromatic N) is 3. The van der Waals surface area contributed by atoms with Crippen molar-refractivity contribution >= 4 is 27.4 Å². The second-order valence-corrected chi connectivity index (χ2v) is 11.6. The van der Waals surface area contributed by atoms with Crippen LogP contribution in [-0.2, 0) is 20.3 Å². The van der Waals surface area contributed by atoms with E-state index in [0.29, 0.717) is 49.3 Å². The molecule has 2 heterocycles. The smallest absolute Gasteiger partial charge is 0.319 e. The first-order chi connectivity index (χ1) is 16.9. The minimum Gasteiger partial charge on any atom is -0.377 e. The molecule has 0 radical (unpaired) electrons. The van der Waals surface area contributed by atoms with Gasteiger partial charge in [-0.3, -0.25) is 0 Å². The Balaban J connectivity index is 1.64. The number of urea groups is 1. The Labute approximate surface area is 207 Å². The Bertz CT molecular complexity index is 1120. The standard InChI is InChI=1S/C25H35N5O4S/c1-3-26-25(31)28-20-11-9-19(10-12-20)24-27-21(17-35(32,33)22-7-5-4-6-8-22)15-23(29-24)30-13-14-34-16-18(30)2/h9-12,15,18,22H,3-8,13-14,16-17H2,1-2H3,(H2,26,28,31)/t18-/m0/s1. The highest BCUT2D eigenvalue weighted by molar-refractivity contribution is 7.91. The molecule has 35 heavy (non-hydrogen) atoms. The summed E-state index contributed by atoms with van der Waals surface area (Å²) in [4.78, 5) is 23.4. The van der Waals surface area contributed by atoms with Crippen molar-refractivity contribution in [2.45, 2.75) is 63.0 Å². The zero-order chi connectivity index (χ0) is 24.8. The van der Waals surface area contributed by atoms with E-state index in [1.54, 1.807) is 12.1 Å². The molecule has 2 fully saturated rings. The molecule has 2 aliphatic rings. The highest BCUT2D eigenvalue weighted by Gasteiger charge is 2.29. The number of sulfone groups is 1. The predicted octanol–water partition coefficient (Wildman–Crippen LogP) is 3.76. The maximum absolute atomic E-state index is 13.2. The molecule has 1 saturated heterocycles. The van der Waals surface area contributed by atoms with E-state index in [2.05, 4.69) is 27.4 Å². The van der Waals surface area contributed by atoms with Gasteiger partial charge in [-0.15, -0.1) is 0 Å². The number of aromatic nitrogens is 2. The van der Waals surface area contributed by atoms with E-state index in [0.717, 1.165) is 37.7 Å². The van der Waals surface area contributed by atoms with Crippen LogP contribution in [0.3, 0.4) is 0 Å². The van der Waals surface area contributed by atoms with E-state index >= 15 is 0 Å². The fraction of sp³-hybridized carbons (Fsp3) is 0.560. The lowest BCUT2D eigenvalue weighted by Crippen LogP contribution is -2.44. The monoisotopic (exact) mass is 501 g/mol. The van der Waals surface area contributed by atoms with Crippen molar-refractivity contribution in [3.8, 4) is 11.4 Å². The number of nitrogens with one attached hydrogen (secondary N) is 2. The summed E-state index contributed by atoms with van der Waals surface area (Å²) in [6.45, 7) is 6.34. The van der Waals surface area contributed by atoms with Crippen LogP contribution >= 0.6 is 0 Å². The van der Waals surface area contributed by atoms with Crippen LogP contribution in [0.25, 0.3) is 11.4 Å². The van der Waals surface area contributed by atoms with Gasteiger partial charge in [0.1, 0.15) is 5.82 Å². The maximum Gasteiger partial charge on any atom is 0.319 e. The Kier molecular flexibility index (Phi) is 8.22. The van der Waals surface area contributed by atoms with Crippen LogP contribution in [0, 0.1) is 0 Å². The third-order valence-corrected chi connectivity index (χ3v) is 8.76. The van der Waals surface area contributed by atoms with Crippen LogP contribution in [0.1, 0.15) is 51.6 Å².